The number of hydrogen-bond donors (Lipinski definition) is 1. The van der Waals surface area contributed by atoms with Crippen LogP contribution < -0.4 is 5.32 Å². The fraction of sp³-hybridized carbons (Fsp3) is 0.588. The normalized spacial score (nSPS) is 20.2. The number of esters is 1. The maximum Gasteiger partial charge on any atom is 0.314 e. The number of rotatable bonds is 6. The second kappa shape index (κ2) is 8.15. The number of piperidine rings is 1. The van der Waals surface area contributed by atoms with E-state index in [0.717, 1.165) is 18.7 Å². The number of nitrogens with one attached hydrogen (secondary N) is 1. The Morgan fingerprint density at radius 3 is 2.76 bits per heavy atom. The van der Waals surface area contributed by atoms with E-state index in [0.29, 0.717) is 12.6 Å². The van der Waals surface area contributed by atoms with Gasteiger partial charge in [0.05, 0.1) is 13.0 Å². The highest BCUT2D eigenvalue weighted by Crippen LogP contribution is 2.19. The number of nitrogens with zero attached hydrogens (tertiary/aromatic N) is 1. The van der Waals surface area contributed by atoms with Gasteiger partial charge in [0.25, 0.3) is 0 Å². The maximum atomic E-state index is 12.1. The van der Waals surface area contributed by atoms with Crippen LogP contribution in [0, 0.1) is 0 Å². The summed E-state index contributed by atoms with van der Waals surface area (Å²) in [7, 11) is 3.54. The van der Waals surface area contributed by atoms with Crippen LogP contribution >= 0.6 is 0 Å². The minimum atomic E-state index is -0.218. The fourth-order valence-electron chi connectivity index (χ4n) is 2.99. The maximum absolute atomic E-state index is 12.1. The van der Waals surface area contributed by atoms with Crippen molar-refractivity contribution in [2.45, 2.75) is 31.2 Å². The molecule has 1 aliphatic rings. The summed E-state index contributed by atoms with van der Waals surface area (Å²) in [5.74, 6) is -0.380. The third kappa shape index (κ3) is 4.83. The molecule has 1 aliphatic heterocycles. The van der Waals surface area contributed by atoms with Crippen LogP contribution in [0.1, 0.15) is 30.7 Å². The third-order valence-corrected chi connectivity index (χ3v) is 4.13. The SMILES string of the molecule is COC(=O)C(CN(C)CC1CCCCN1)c1ccccc1. The molecule has 21 heavy (non-hydrogen) atoms. The Morgan fingerprint density at radius 1 is 1.38 bits per heavy atom. The number of carbonyl (C=O) groups is 1. The first-order valence-electron chi connectivity index (χ1n) is 7.75. The third-order valence-electron chi connectivity index (χ3n) is 4.13. The highest BCUT2D eigenvalue weighted by Gasteiger charge is 2.24. The molecule has 1 N–H and O–H groups in total. The van der Waals surface area contributed by atoms with Crippen LogP contribution in [0.4, 0.5) is 0 Å². The van der Waals surface area contributed by atoms with Crippen LogP contribution in [0.15, 0.2) is 30.3 Å². The van der Waals surface area contributed by atoms with Gasteiger partial charge in [0.1, 0.15) is 0 Å². The van der Waals surface area contributed by atoms with Crippen molar-refractivity contribution in [1.29, 1.82) is 0 Å². The summed E-state index contributed by atoms with van der Waals surface area (Å²) in [5, 5.41) is 3.55. The number of ether oxygens (including phenoxy) is 1. The number of likely N-dealkylation sites (N-methyl/N-ethyl adjacent to an activating group) is 1. The molecule has 116 valence electrons. The smallest absolute Gasteiger partial charge is 0.314 e. The lowest BCUT2D eigenvalue weighted by Crippen LogP contribution is -2.44. The number of methoxy groups -OCH3 is 1. The molecule has 0 spiro atoms. The average molecular weight is 290 g/mol. The summed E-state index contributed by atoms with van der Waals surface area (Å²) in [5.41, 5.74) is 1.02. The van der Waals surface area contributed by atoms with Crippen molar-refractivity contribution in [3.05, 3.63) is 35.9 Å². The van der Waals surface area contributed by atoms with E-state index in [1.165, 1.54) is 26.4 Å². The average Bonchev–Trinajstić information content (AvgIpc) is 2.53. The molecule has 0 amide bonds. The molecule has 2 rings (SSSR count). The molecule has 1 aromatic carbocycles. The molecule has 1 heterocycles. The van der Waals surface area contributed by atoms with Crippen molar-refractivity contribution in [2.75, 3.05) is 33.8 Å². The summed E-state index contributed by atoms with van der Waals surface area (Å²) >= 11 is 0. The first kappa shape index (κ1) is 16.0. The molecular formula is C17H26N2O2. The predicted molar refractivity (Wildman–Crippen MR) is 84.3 cm³/mol. The van der Waals surface area contributed by atoms with E-state index in [1.54, 1.807) is 0 Å². The molecule has 4 nitrogen and oxygen atoms in total. The highest BCUT2D eigenvalue weighted by atomic mass is 16.5. The molecule has 1 fully saturated rings. The van der Waals surface area contributed by atoms with Crippen LogP contribution in [0.5, 0.6) is 0 Å². The van der Waals surface area contributed by atoms with Crippen LogP contribution in [0.3, 0.4) is 0 Å². The van der Waals surface area contributed by atoms with Crippen molar-refractivity contribution >= 4 is 5.97 Å². The van der Waals surface area contributed by atoms with Gasteiger partial charge >= 0.3 is 5.97 Å². The second-order valence-electron chi connectivity index (χ2n) is 5.85. The fourth-order valence-corrected chi connectivity index (χ4v) is 2.99. The molecule has 1 saturated heterocycles. The van der Waals surface area contributed by atoms with Crippen molar-refractivity contribution in [3.63, 3.8) is 0 Å². The van der Waals surface area contributed by atoms with Crippen molar-refractivity contribution in [1.82, 2.24) is 10.2 Å². The molecular weight excluding hydrogens is 264 g/mol. The lowest BCUT2D eigenvalue weighted by atomic mass is 9.98. The van der Waals surface area contributed by atoms with Gasteiger partial charge in [-0.25, -0.2) is 0 Å². The zero-order chi connectivity index (χ0) is 15.1. The molecule has 0 aliphatic carbocycles. The molecule has 2 unspecified atom stereocenters. The lowest BCUT2D eigenvalue weighted by Gasteiger charge is -2.30. The predicted octanol–water partition coefficient (Wildman–Crippen LogP) is 2.02. The van der Waals surface area contributed by atoms with Gasteiger partial charge in [0.2, 0.25) is 0 Å². The zero-order valence-electron chi connectivity index (χ0n) is 13.0. The van der Waals surface area contributed by atoms with E-state index >= 15 is 0 Å². The summed E-state index contributed by atoms with van der Waals surface area (Å²) < 4.78 is 4.98. The van der Waals surface area contributed by atoms with Crippen LogP contribution in [-0.2, 0) is 9.53 Å². The first-order valence-corrected chi connectivity index (χ1v) is 7.75. The molecule has 2 atom stereocenters. The largest absolute Gasteiger partial charge is 0.469 e. The Bertz CT molecular complexity index is 430. The Hall–Kier alpha value is -1.39. The van der Waals surface area contributed by atoms with Crippen LogP contribution in [0.25, 0.3) is 0 Å². The number of benzene rings is 1. The van der Waals surface area contributed by atoms with Gasteiger partial charge in [-0.3, -0.25) is 4.79 Å². The highest BCUT2D eigenvalue weighted by molar-refractivity contribution is 5.78. The van der Waals surface area contributed by atoms with E-state index in [1.807, 2.05) is 30.3 Å². The van der Waals surface area contributed by atoms with Gasteiger partial charge in [-0.2, -0.15) is 0 Å². The van der Waals surface area contributed by atoms with Gasteiger partial charge in [-0.15, -0.1) is 0 Å². The quantitative estimate of drug-likeness (QED) is 0.814. The second-order valence-corrected chi connectivity index (χ2v) is 5.85. The Balaban J connectivity index is 1.96. The Morgan fingerprint density at radius 2 is 2.14 bits per heavy atom. The summed E-state index contributed by atoms with van der Waals surface area (Å²) in [6, 6.07) is 10.4. The van der Waals surface area contributed by atoms with Crippen molar-refractivity contribution in [3.8, 4) is 0 Å². The van der Waals surface area contributed by atoms with Gasteiger partial charge in [-0.05, 0) is 32.0 Å². The minimum Gasteiger partial charge on any atom is -0.469 e. The monoisotopic (exact) mass is 290 g/mol. The lowest BCUT2D eigenvalue weighted by molar-refractivity contribution is -0.142. The van der Waals surface area contributed by atoms with Crippen molar-refractivity contribution in [2.24, 2.45) is 0 Å². The van der Waals surface area contributed by atoms with Gasteiger partial charge in [0.15, 0.2) is 0 Å². The Labute approximate surface area is 127 Å². The van der Waals surface area contributed by atoms with E-state index < -0.39 is 0 Å². The molecule has 0 bridgehead atoms. The van der Waals surface area contributed by atoms with Gasteiger partial charge in [0, 0.05) is 19.1 Å². The van der Waals surface area contributed by atoms with Crippen LogP contribution in [-0.4, -0.2) is 50.7 Å². The standard InChI is InChI=1S/C17H26N2O2/c1-19(12-15-10-6-7-11-18-15)13-16(17(20)21-2)14-8-4-3-5-9-14/h3-5,8-9,15-16,18H,6-7,10-13H2,1-2H3. The van der Waals surface area contributed by atoms with E-state index in [2.05, 4.69) is 17.3 Å². The molecule has 4 heteroatoms. The van der Waals surface area contributed by atoms with Gasteiger partial charge in [-0.1, -0.05) is 36.8 Å². The number of hydrogen-bond acceptors (Lipinski definition) is 4. The van der Waals surface area contributed by atoms with E-state index in [9.17, 15) is 4.79 Å². The van der Waals surface area contributed by atoms with E-state index in [-0.39, 0.29) is 11.9 Å². The first-order chi connectivity index (χ1) is 10.2. The minimum absolute atomic E-state index is 0.162. The van der Waals surface area contributed by atoms with Gasteiger partial charge < -0.3 is 15.0 Å². The summed E-state index contributed by atoms with van der Waals surface area (Å²) in [4.78, 5) is 14.3. The molecule has 0 aromatic heterocycles. The molecule has 1 aromatic rings. The molecule has 0 radical (unpaired) electrons. The molecule has 0 saturated carbocycles. The van der Waals surface area contributed by atoms with E-state index in [4.69, 9.17) is 4.74 Å². The topological polar surface area (TPSA) is 41.6 Å². The zero-order valence-corrected chi connectivity index (χ0v) is 13.0. The summed E-state index contributed by atoms with van der Waals surface area (Å²) in [6.45, 7) is 2.77. The number of carbonyl (C=O) groups excluding carboxylic acids is 1. The van der Waals surface area contributed by atoms with Crippen LogP contribution in [0.2, 0.25) is 0 Å². The Kier molecular flexibility index (Phi) is 6.21. The summed E-state index contributed by atoms with van der Waals surface area (Å²) in [6.07, 6.45) is 3.79. The van der Waals surface area contributed by atoms with Crippen molar-refractivity contribution < 1.29 is 9.53 Å².